The number of benzene rings is 1. The van der Waals surface area contributed by atoms with E-state index in [0.29, 0.717) is 11.4 Å². The van der Waals surface area contributed by atoms with Gasteiger partial charge in [0.1, 0.15) is 6.07 Å². The van der Waals surface area contributed by atoms with Crippen LogP contribution in [-0.4, -0.2) is 14.1 Å². The zero-order valence-corrected chi connectivity index (χ0v) is 12.6. The smallest absolute Gasteiger partial charge is 0.322 e. The summed E-state index contributed by atoms with van der Waals surface area (Å²) in [5.74, 6) is -0.104. The van der Waals surface area contributed by atoms with Crippen molar-refractivity contribution in [1.82, 2.24) is 14.1 Å². The second-order valence-corrected chi connectivity index (χ2v) is 5.36. The molecule has 0 spiro atoms. The predicted octanol–water partition coefficient (Wildman–Crippen LogP) is 2.68. The standard InChI is InChI=1S/C18H12N4O2/c19-10-15-14(11-21-9-5-4-8-16(15)21)12-22-17(20-24-18(22)23)13-6-2-1-3-7-13/h1-9,11H,12H2. The Balaban J connectivity index is 1.84. The first-order valence-electron chi connectivity index (χ1n) is 7.38. The number of nitrogens with zero attached hydrogens (tertiary/aromatic N) is 4. The van der Waals surface area contributed by atoms with Gasteiger partial charge in [-0.1, -0.05) is 41.6 Å². The van der Waals surface area contributed by atoms with E-state index in [-0.39, 0.29) is 6.54 Å². The molecule has 0 radical (unpaired) electrons. The molecular formula is C18H12N4O2. The molecule has 0 bridgehead atoms. The minimum Gasteiger partial charge on any atom is -0.322 e. The Morgan fingerprint density at radius 1 is 1.12 bits per heavy atom. The number of hydrogen-bond acceptors (Lipinski definition) is 4. The van der Waals surface area contributed by atoms with Crippen LogP contribution in [0.1, 0.15) is 11.1 Å². The summed E-state index contributed by atoms with van der Waals surface area (Å²) in [6, 6.07) is 17.2. The molecule has 116 valence electrons. The summed E-state index contributed by atoms with van der Waals surface area (Å²) < 4.78 is 8.14. The lowest BCUT2D eigenvalue weighted by molar-refractivity contribution is 0.378. The van der Waals surface area contributed by atoms with Gasteiger partial charge >= 0.3 is 5.76 Å². The van der Waals surface area contributed by atoms with Crippen LogP contribution < -0.4 is 5.76 Å². The molecule has 1 aromatic carbocycles. The largest absolute Gasteiger partial charge is 0.442 e. The molecule has 0 amide bonds. The van der Waals surface area contributed by atoms with Gasteiger partial charge in [0, 0.05) is 23.5 Å². The van der Waals surface area contributed by atoms with Crippen molar-refractivity contribution in [1.29, 1.82) is 5.26 Å². The SMILES string of the molecule is N#Cc1c(Cn2c(-c3ccccc3)noc2=O)cn2ccccc12. The van der Waals surface area contributed by atoms with Crippen molar-refractivity contribution < 1.29 is 4.52 Å². The molecule has 0 unspecified atom stereocenters. The molecule has 3 heterocycles. The highest BCUT2D eigenvalue weighted by molar-refractivity contribution is 5.65. The van der Waals surface area contributed by atoms with E-state index >= 15 is 0 Å². The number of pyridine rings is 1. The van der Waals surface area contributed by atoms with Gasteiger partial charge in [-0.05, 0) is 12.1 Å². The lowest BCUT2D eigenvalue weighted by Gasteiger charge is -2.03. The fourth-order valence-corrected chi connectivity index (χ4v) is 2.80. The van der Waals surface area contributed by atoms with Crippen molar-refractivity contribution in [3.05, 3.63) is 82.6 Å². The maximum atomic E-state index is 12.1. The Morgan fingerprint density at radius 3 is 2.71 bits per heavy atom. The Hall–Kier alpha value is -3.59. The van der Waals surface area contributed by atoms with Gasteiger partial charge in [0.2, 0.25) is 0 Å². The van der Waals surface area contributed by atoms with E-state index in [0.717, 1.165) is 16.6 Å². The minimum absolute atomic E-state index is 0.219. The first-order valence-corrected chi connectivity index (χ1v) is 7.38. The summed E-state index contributed by atoms with van der Waals surface area (Å²) in [7, 11) is 0. The quantitative estimate of drug-likeness (QED) is 0.582. The Kier molecular flexibility index (Phi) is 3.25. The number of rotatable bonds is 3. The maximum absolute atomic E-state index is 12.1. The summed E-state index contributed by atoms with van der Waals surface area (Å²) in [5, 5.41) is 13.4. The van der Waals surface area contributed by atoms with Crippen molar-refractivity contribution in [2.24, 2.45) is 0 Å². The molecule has 0 saturated carbocycles. The summed E-state index contributed by atoms with van der Waals surface area (Å²) in [5.41, 5.74) is 2.88. The molecule has 6 nitrogen and oxygen atoms in total. The minimum atomic E-state index is -0.548. The third kappa shape index (κ3) is 2.20. The van der Waals surface area contributed by atoms with E-state index in [2.05, 4.69) is 11.2 Å². The average molecular weight is 316 g/mol. The molecule has 24 heavy (non-hydrogen) atoms. The number of hydrogen-bond donors (Lipinski definition) is 0. The zero-order chi connectivity index (χ0) is 16.5. The van der Waals surface area contributed by atoms with Gasteiger partial charge in [-0.25, -0.2) is 4.79 Å². The van der Waals surface area contributed by atoms with Gasteiger partial charge in [0.05, 0.1) is 17.6 Å². The van der Waals surface area contributed by atoms with E-state index in [1.165, 1.54) is 4.57 Å². The Labute approximate surface area is 136 Å². The molecule has 0 N–H and O–H groups in total. The van der Waals surface area contributed by atoms with Crippen LogP contribution in [0.5, 0.6) is 0 Å². The van der Waals surface area contributed by atoms with Gasteiger partial charge in [-0.15, -0.1) is 0 Å². The predicted molar refractivity (Wildman–Crippen MR) is 87.4 cm³/mol. The number of nitriles is 1. The van der Waals surface area contributed by atoms with E-state index in [4.69, 9.17) is 4.52 Å². The lowest BCUT2D eigenvalue weighted by atomic mass is 10.1. The second kappa shape index (κ2) is 5.56. The fourth-order valence-electron chi connectivity index (χ4n) is 2.80. The van der Waals surface area contributed by atoms with Crippen LogP contribution in [0.15, 0.2) is 70.2 Å². The molecule has 0 aliphatic heterocycles. The van der Waals surface area contributed by atoms with Crippen LogP contribution in [0, 0.1) is 11.3 Å². The monoisotopic (exact) mass is 316 g/mol. The van der Waals surface area contributed by atoms with E-state index in [1.807, 2.05) is 65.3 Å². The Morgan fingerprint density at radius 2 is 1.92 bits per heavy atom. The second-order valence-electron chi connectivity index (χ2n) is 5.36. The van der Waals surface area contributed by atoms with Crippen molar-refractivity contribution in [2.45, 2.75) is 6.54 Å². The molecule has 4 aromatic rings. The third-order valence-electron chi connectivity index (χ3n) is 3.92. The van der Waals surface area contributed by atoms with Crippen LogP contribution in [0.4, 0.5) is 0 Å². The number of fused-ring (bicyclic) bond motifs is 1. The van der Waals surface area contributed by atoms with E-state index < -0.39 is 5.76 Å². The summed E-state index contributed by atoms with van der Waals surface area (Å²) in [4.78, 5) is 12.1. The fraction of sp³-hybridized carbons (Fsp3) is 0.0556. The first kappa shape index (κ1) is 14.0. The molecule has 3 aromatic heterocycles. The van der Waals surface area contributed by atoms with Gasteiger partial charge in [0.15, 0.2) is 5.82 Å². The molecule has 4 rings (SSSR count). The van der Waals surface area contributed by atoms with Crippen LogP contribution in [0.25, 0.3) is 16.9 Å². The molecule has 0 aliphatic rings. The van der Waals surface area contributed by atoms with Crippen LogP contribution in [-0.2, 0) is 6.54 Å². The highest BCUT2D eigenvalue weighted by Gasteiger charge is 2.17. The molecule has 0 saturated heterocycles. The van der Waals surface area contributed by atoms with Crippen molar-refractivity contribution in [2.75, 3.05) is 0 Å². The van der Waals surface area contributed by atoms with Gasteiger partial charge in [-0.2, -0.15) is 5.26 Å². The van der Waals surface area contributed by atoms with E-state index in [1.54, 1.807) is 0 Å². The van der Waals surface area contributed by atoms with Crippen LogP contribution >= 0.6 is 0 Å². The lowest BCUT2D eigenvalue weighted by Crippen LogP contribution is -2.16. The van der Waals surface area contributed by atoms with E-state index in [9.17, 15) is 10.1 Å². The van der Waals surface area contributed by atoms with Crippen molar-refractivity contribution in [3.8, 4) is 17.5 Å². The summed E-state index contributed by atoms with van der Waals surface area (Å²) in [6.45, 7) is 0.219. The molecule has 0 aliphatic carbocycles. The third-order valence-corrected chi connectivity index (χ3v) is 3.92. The zero-order valence-electron chi connectivity index (χ0n) is 12.6. The maximum Gasteiger partial charge on any atom is 0.442 e. The van der Waals surface area contributed by atoms with Crippen LogP contribution in [0.3, 0.4) is 0 Å². The summed E-state index contributed by atoms with van der Waals surface area (Å²) >= 11 is 0. The normalized spacial score (nSPS) is 10.8. The topological polar surface area (TPSA) is 76.2 Å². The van der Waals surface area contributed by atoms with Gasteiger partial charge in [-0.3, -0.25) is 9.09 Å². The van der Waals surface area contributed by atoms with Crippen molar-refractivity contribution >= 4 is 5.52 Å². The number of aromatic nitrogens is 3. The van der Waals surface area contributed by atoms with Gasteiger partial charge in [0.25, 0.3) is 0 Å². The average Bonchev–Trinajstić information content (AvgIpc) is 3.16. The van der Waals surface area contributed by atoms with Crippen molar-refractivity contribution in [3.63, 3.8) is 0 Å². The molecule has 0 fully saturated rings. The molecular weight excluding hydrogens is 304 g/mol. The highest BCUT2D eigenvalue weighted by atomic mass is 16.5. The molecule has 0 atom stereocenters. The summed E-state index contributed by atoms with van der Waals surface area (Å²) in [6.07, 6.45) is 3.72. The van der Waals surface area contributed by atoms with Crippen LogP contribution in [0.2, 0.25) is 0 Å². The first-order chi connectivity index (χ1) is 11.8. The highest BCUT2D eigenvalue weighted by Crippen LogP contribution is 2.21. The van der Waals surface area contributed by atoms with Gasteiger partial charge < -0.3 is 4.40 Å². The molecule has 6 heteroatoms. The Bertz CT molecular complexity index is 1110.